The van der Waals surface area contributed by atoms with Crippen molar-refractivity contribution < 1.29 is 4.74 Å². The summed E-state index contributed by atoms with van der Waals surface area (Å²) < 4.78 is 7.60. The fraction of sp³-hybridized carbons (Fsp3) is 0.0909. The third-order valence-electron chi connectivity index (χ3n) is 4.28. The van der Waals surface area contributed by atoms with Gasteiger partial charge in [-0.25, -0.2) is 0 Å². The highest BCUT2D eigenvalue weighted by molar-refractivity contribution is 7.98. The van der Waals surface area contributed by atoms with Crippen molar-refractivity contribution in [3.8, 4) is 22.8 Å². The lowest BCUT2D eigenvalue weighted by atomic mass is 10.2. The van der Waals surface area contributed by atoms with Crippen LogP contribution in [0.25, 0.3) is 17.1 Å². The Hall–Kier alpha value is -2.76. The molecule has 4 rings (SSSR count). The van der Waals surface area contributed by atoms with Gasteiger partial charge in [0.1, 0.15) is 5.75 Å². The van der Waals surface area contributed by atoms with Crippen LogP contribution in [0.15, 0.2) is 84.0 Å². The van der Waals surface area contributed by atoms with Crippen molar-refractivity contribution in [3.05, 3.63) is 89.4 Å². The number of hydrogen-bond acceptors (Lipinski definition) is 4. The number of nitrogens with zero attached hydrogens (tertiary/aromatic N) is 3. The van der Waals surface area contributed by atoms with Gasteiger partial charge in [0, 0.05) is 11.3 Å². The van der Waals surface area contributed by atoms with Gasteiger partial charge in [-0.15, -0.1) is 10.2 Å². The minimum Gasteiger partial charge on any atom is -0.495 e. The zero-order valence-corrected chi connectivity index (χ0v) is 16.8. The minimum absolute atomic E-state index is 0.630. The minimum atomic E-state index is 0.630. The van der Waals surface area contributed by atoms with Gasteiger partial charge in [0.25, 0.3) is 0 Å². The van der Waals surface area contributed by atoms with Crippen LogP contribution in [0.3, 0.4) is 0 Å². The highest BCUT2D eigenvalue weighted by Gasteiger charge is 2.20. The summed E-state index contributed by atoms with van der Waals surface area (Å²) in [5.74, 6) is 2.22. The SMILES string of the molecule is COc1ccccc1-n1c(SCc2ccccc2)nnc1-c1ccccc1Cl. The van der Waals surface area contributed by atoms with E-state index in [-0.39, 0.29) is 0 Å². The monoisotopic (exact) mass is 407 g/mol. The van der Waals surface area contributed by atoms with Crippen molar-refractivity contribution in [2.75, 3.05) is 7.11 Å². The predicted octanol–water partition coefficient (Wildman–Crippen LogP) is 5.89. The van der Waals surface area contributed by atoms with E-state index in [0.29, 0.717) is 10.8 Å². The van der Waals surface area contributed by atoms with Gasteiger partial charge in [-0.2, -0.15) is 0 Å². The summed E-state index contributed by atoms with van der Waals surface area (Å²) in [4.78, 5) is 0. The lowest BCUT2D eigenvalue weighted by molar-refractivity contribution is 0.412. The van der Waals surface area contributed by atoms with Crippen LogP contribution in [0.2, 0.25) is 5.02 Å². The highest BCUT2D eigenvalue weighted by atomic mass is 35.5. The normalized spacial score (nSPS) is 10.8. The Bertz CT molecular complexity index is 1080. The molecule has 0 bridgehead atoms. The second kappa shape index (κ2) is 8.50. The second-order valence-electron chi connectivity index (χ2n) is 6.07. The van der Waals surface area contributed by atoms with E-state index in [1.54, 1.807) is 18.9 Å². The van der Waals surface area contributed by atoms with Gasteiger partial charge < -0.3 is 4.74 Å². The molecule has 4 aromatic rings. The van der Waals surface area contributed by atoms with Crippen LogP contribution in [0, 0.1) is 0 Å². The molecule has 0 saturated carbocycles. The zero-order valence-electron chi connectivity index (χ0n) is 15.2. The number of ether oxygens (including phenoxy) is 1. The number of thioether (sulfide) groups is 1. The summed E-state index contributed by atoms with van der Waals surface area (Å²) in [5.41, 5.74) is 2.93. The van der Waals surface area contributed by atoms with E-state index in [2.05, 4.69) is 22.3 Å². The van der Waals surface area contributed by atoms with Crippen LogP contribution in [-0.4, -0.2) is 21.9 Å². The fourth-order valence-electron chi connectivity index (χ4n) is 2.93. The van der Waals surface area contributed by atoms with Gasteiger partial charge in [0.2, 0.25) is 0 Å². The smallest absolute Gasteiger partial charge is 0.196 e. The van der Waals surface area contributed by atoms with Crippen LogP contribution < -0.4 is 4.74 Å². The molecule has 0 radical (unpaired) electrons. The van der Waals surface area contributed by atoms with Gasteiger partial charge in [-0.3, -0.25) is 4.57 Å². The van der Waals surface area contributed by atoms with E-state index < -0.39 is 0 Å². The number of hydrogen-bond donors (Lipinski definition) is 0. The van der Waals surface area contributed by atoms with Crippen LogP contribution in [-0.2, 0) is 5.75 Å². The molecule has 0 amide bonds. The average molecular weight is 408 g/mol. The summed E-state index contributed by atoms with van der Waals surface area (Å²) in [6, 6.07) is 25.8. The van der Waals surface area contributed by atoms with E-state index >= 15 is 0 Å². The molecule has 0 spiro atoms. The van der Waals surface area contributed by atoms with Crippen LogP contribution in [0.4, 0.5) is 0 Å². The predicted molar refractivity (Wildman–Crippen MR) is 114 cm³/mol. The van der Waals surface area contributed by atoms with E-state index in [0.717, 1.165) is 27.9 Å². The maximum atomic E-state index is 6.45. The van der Waals surface area contributed by atoms with E-state index in [1.165, 1.54) is 5.56 Å². The molecular formula is C22H18ClN3OS. The van der Waals surface area contributed by atoms with E-state index in [4.69, 9.17) is 16.3 Å². The molecule has 1 aromatic heterocycles. The third-order valence-corrected chi connectivity index (χ3v) is 5.61. The zero-order chi connectivity index (χ0) is 19.3. The Morgan fingerprint density at radius 2 is 1.61 bits per heavy atom. The second-order valence-corrected chi connectivity index (χ2v) is 7.42. The quantitative estimate of drug-likeness (QED) is 0.374. The van der Waals surface area contributed by atoms with Crippen molar-refractivity contribution in [1.29, 1.82) is 0 Å². The molecule has 4 nitrogen and oxygen atoms in total. The molecule has 6 heteroatoms. The van der Waals surface area contributed by atoms with Gasteiger partial charge in [-0.05, 0) is 29.8 Å². The first-order valence-electron chi connectivity index (χ1n) is 8.78. The van der Waals surface area contributed by atoms with Crippen molar-refractivity contribution in [3.63, 3.8) is 0 Å². The number of rotatable bonds is 6. The molecule has 1 heterocycles. The van der Waals surface area contributed by atoms with E-state index in [1.807, 2.05) is 71.3 Å². The summed E-state index contributed by atoms with van der Waals surface area (Å²) in [5, 5.41) is 10.3. The van der Waals surface area contributed by atoms with Crippen LogP contribution >= 0.6 is 23.4 Å². The molecule has 0 aliphatic rings. The molecule has 0 atom stereocenters. The maximum absolute atomic E-state index is 6.45. The highest BCUT2D eigenvalue weighted by Crippen LogP contribution is 2.35. The van der Waals surface area contributed by atoms with Crippen molar-refractivity contribution in [2.24, 2.45) is 0 Å². The summed E-state index contributed by atoms with van der Waals surface area (Å²) in [6.45, 7) is 0. The first kappa shape index (κ1) is 18.6. The number of benzene rings is 3. The average Bonchev–Trinajstić information content (AvgIpc) is 3.16. The largest absolute Gasteiger partial charge is 0.495 e. The van der Waals surface area contributed by atoms with Gasteiger partial charge in [0.05, 0.1) is 17.8 Å². The Morgan fingerprint density at radius 3 is 2.39 bits per heavy atom. The Balaban J connectivity index is 1.82. The van der Waals surface area contributed by atoms with Crippen LogP contribution in [0.1, 0.15) is 5.56 Å². The van der Waals surface area contributed by atoms with E-state index in [9.17, 15) is 0 Å². The molecule has 28 heavy (non-hydrogen) atoms. The first-order valence-corrected chi connectivity index (χ1v) is 10.1. The lowest BCUT2D eigenvalue weighted by Crippen LogP contribution is -2.02. The molecule has 3 aromatic carbocycles. The van der Waals surface area contributed by atoms with Crippen LogP contribution in [0.5, 0.6) is 5.75 Å². The third kappa shape index (κ3) is 3.77. The summed E-state index contributed by atoms with van der Waals surface area (Å²) >= 11 is 8.08. The number of methoxy groups -OCH3 is 1. The number of halogens is 1. The lowest BCUT2D eigenvalue weighted by Gasteiger charge is -2.14. The number of aromatic nitrogens is 3. The molecule has 0 aliphatic heterocycles. The standard InChI is InChI=1S/C22H18ClN3OS/c1-27-20-14-8-7-13-19(20)26-21(17-11-5-6-12-18(17)23)24-25-22(26)28-15-16-9-3-2-4-10-16/h2-14H,15H2,1H3. The Labute approximate surface area is 173 Å². The number of para-hydroxylation sites is 2. The molecule has 0 N–H and O–H groups in total. The molecule has 0 aliphatic carbocycles. The fourth-order valence-corrected chi connectivity index (χ4v) is 4.06. The molecule has 0 fully saturated rings. The molecular weight excluding hydrogens is 390 g/mol. The molecule has 140 valence electrons. The van der Waals surface area contributed by atoms with Gasteiger partial charge >= 0.3 is 0 Å². The summed E-state index contributed by atoms with van der Waals surface area (Å²) in [6.07, 6.45) is 0. The first-order chi connectivity index (χ1) is 13.8. The van der Waals surface area contributed by atoms with Gasteiger partial charge in [0.15, 0.2) is 11.0 Å². The Kier molecular flexibility index (Phi) is 5.65. The van der Waals surface area contributed by atoms with Crippen molar-refractivity contribution in [1.82, 2.24) is 14.8 Å². The van der Waals surface area contributed by atoms with Gasteiger partial charge in [-0.1, -0.05) is 78.0 Å². The van der Waals surface area contributed by atoms with Crippen molar-refractivity contribution in [2.45, 2.75) is 10.9 Å². The maximum Gasteiger partial charge on any atom is 0.196 e. The van der Waals surface area contributed by atoms with Crippen molar-refractivity contribution >= 4 is 23.4 Å². The molecule has 0 saturated heterocycles. The molecule has 0 unspecified atom stereocenters. The Morgan fingerprint density at radius 1 is 0.893 bits per heavy atom. The topological polar surface area (TPSA) is 39.9 Å². The summed E-state index contributed by atoms with van der Waals surface area (Å²) in [7, 11) is 1.66.